The van der Waals surface area contributed by atoms with Gasteiger partial charge in [-0.3, -0.25) is 0 Å². The first-order valence-electron chi connectivity index (χ1n) is 3.68. The molecule has 2 rings (SSSR count). The molecule has 12 heavy (non-hydrogen) atoms. The lowest BCUT2D eigenvalue weighted by molar-refractivity contribution is 0.171. The normalized spacial score (nSPS) is 13.6. The van der Waals surface area contributed by atoms with E-state index in [-0.39, 0.29) is 0 Å². The first-order chi connectivity index (χ1) is 5.90. The largest absolute Gasteiger partial charge is 0.486 e. The maximum absolute atomic E-state index is 5.33. The van der Waals surface area contributed by atoms with Gasteiger partial charge >= 0.3 is 0 Å². The third-order valence-corrected chi connectivity index (χ3v) is 1.63. The quantitative estimate of drug-likeness (QED) is 0.530. The molecule has 0 aromatic heterocycles. The summed E-state index contributed by atoms with van der Waals surface area (Å²) >= 11 is 0. The summed E-state index contributed by atoms with van der Waals surface area (Å²) in [5, 5.41) is 0. The SMILES string of the molecule is C#Cc1[c]cc2c(c1)OCCO2. The molecule has 0 bridgehead atoms. The Balaban J connectivity index is 2.44. The van der Waals surface area contributed by atoms with E-state index in [1.54, 1.807) is 12.1 Å². The zero-order valence-electron chi connectivity index (χ0n) is 6.46. The lowest BCUT2D eigenvalue weighted by Gasteiger charge is -2.17. The summed E-state index contributed by atoms with van der Waals surface area (Å²) in [5.74, 6) is 3.92. The van der Waals surface area contributed by atoms with Crippen LogP contribution in [-0.2, 0) is 0 Å². The second kappa shape index (κ2) is 2.78. The maximum atomic E-state index is 5.33. The minimum atomic E-state index is 0.584. The molecule has 1 aliphatic rings. The lowest BCUT2D eigenvalue weighted by Crippen LogP contribution is -2.15. The fourth-order valence-corrected chi connectivity index (χ4v) is 1.07. The van der Waals surface area contributed by atoms with Crippen LogP contribution in [0, 0.1) is 18.4 Å². The van der Waals surface area contributed by atoms with Crippen LogP contribution in [0.5, 0.6) is 11.5 Å². The summed E-state index contributed by atoms with van der Waals surface area (Å²) in [4.78, 5) is 0. The minimum Gasteiger partial charge on any atom is -0.486 e. The number of rotatable bonds is 0. The first-order valence-corrected chi connectivity index (χ1v) is 3.68. The van der Waals surface area contributed by atoms with Crippen molar-refractivity contribution in [3.05, 3.63) is 23.8 Å². The Morgan fingerprint density at radius 3 is 2.83 bits per heavy atom. The molecule has 0 saturated heterocycles. The van der Waals surface area contributed by atoms with E-state index in [9.17, 15) is 0 Å². The molecule has 1 heterocycles. The van der Waals surface area contributed by atoms with Crippen LogP contribution >= 0.6 is 0 Å². The number of hydrogen-bond acceptors (Lipinski definition) is 2. The van der Waals surface area contributed by atoms with Crippen molar-refractivity contribution in [2.75, 3.05) is 13.2 Å². The number of fused-ring (bicyclic) bond motifs is 1. The van der Waals surface area contributed by atoms with Crippen LogP contribution in [0.4, 0.5) is 0 Å². The van der Waals surface area contributed by atoms with Crippen molar-refractivity contribution < 1.29 is 9.47 Å². The second-order valence-electron chi connectivity index (χ2n) is 2.42. The molecule has 0 amide bonds. The molecule has 0 atom stereocenters. The number of terminal acetylenes is 1. The number of ether oxygens (including phenoxy) is 2. The minimum absolute atomic E-state index is 0.584. The monoisotopic (exact) mass is 159 g/mol. The topological polar surface area (TPSA) is 18.5 Å². The van der Waals surface area contributed by atoms with Gasteiger partial charge in [-0.15, -0.1) is 6.42 Å². The standard InChI is InChI=1S/C10H7O2/c1-2-8-3-4-9-10(7-8)12-6-5-11-9/h1,4,7H,5-6H2. The smallest absolute Gasteiger partial charge is 0.162 e. The van der Waals surface area contributed by atoms with Crippen LogP contribution in [0.1, 0.15) is 5.56 Å². The summed E-state index contributed by atoms with van der Waals surface area (Å²) in [6, 6.07) is 6.38. The number of benzene rings is 1. The van der Waals surface area contributed by atoms with E-state index in [1.165, 1.54) is 0 Å². The van der Waals surface area contributed by atoms with E-state index in [2.05, 4.69) is 12.0 Å². The Hall–Kier alpha value is -1.62. The summed E-state index contributed by atoms with van der Waals surface area (Å²) in [7, 11) is 0. The molecule has 59 valence electrons. The van der Waals surface area contributed by atoms with Crippen LogP contribution in [0.2, 0.25) is 0 Å². The van der Waals surface area contributed by atoms with E-state index < -0.39 is 0 Å². The molecule has 2 heteroatoms. The fourth-order valence-electron chi connectivity index (χ4n) is 1.07. The highest BCUT2D eigenvalue weighted by Crippen LogP contribution is 2.29. The molecule has 1 aliphatic heterocycles. The maximum Gasteiger partial charge on any atom is 0.162 e. The highest BCUT2D eigenvalue weighted by atomic mass is 16.6. The predicted octanol–water partition coefficient (Wildman–Crippen LogP) is 1.24. The molecule has 0 unspecified atom stereocenters. The molecule has 1 aromatic rings. The average Bonchev–Trinajstić information content (AvgIpc) is 2.17. The van der Waals surface area contributed by atoms with Crippen molar-refractivity contribution in [2.24, 2.45) is 0 Å². The van der Waals surface area contributed by atoms with Crippen LogP contribution in [0.15, 0.2) is 12.1 Å². The van der Waals surface area contributed by atoms with Gasteiger partial charge in [-0.2, -0.15) is 0 Å². The molecule has 0 fully saturated rings. The molecular formula is C10H7O2. The van der Waals surface area contributed by atoms with E-state index >= 15 is 0 Å². The average molecular weight is 159 g/mol. The molecule has 0 spiro atoms. The highest BCUT2D eigenvalue weighted by Gasteiger charge is 2.10. The molecule has 0 saturated carbocycles. The van der Waals surface area contributed by atoms with Gasteiger partial charge in [-0.05, 0) is 6.07 Å². The Morgan fingerprint density at radius 2 is 2.08 bits per heavy atom. The van der Waals surface area contributed by atoms with Crippen molar-refractivity contribution >= 4 is 0 Å². The summed E-state index contributed by atoms with van der Waals surface area (Å²) < 4.78 is 10.6. The molecule has 2 nitrogen and oxygen atoms in total. The Morgan fingerprint density at radius 1 is 1.33 bits per heavy atom. The summed E-state index contributed by atoms with van der Waals surface area (Å²) in [6.07, 6.45) is 5.21. The van der Waals surface area contributed by atoms with Crippen molar-refractivity contribution in [1.82, 2.24) is 0 Å². The first kappa shape index (κ1) is 7.05. The zero-order valence-corrected chi connectivity index (χ0v) is 6.46. The van der Waals surface area contributed by atoms with Crippen molar-refractivity contribution in [3.63, 3.8) is 0 Å². The second-order valence-corrected chi connectivity index (χ2v) is 2.42. The summed E-state index contributed by atoms with van der Waals surface area (Å²) in [6.45, 7) is 1.18. The van der Waals surface area contributed by atoms with Gasteiger partial charge in [0, 0.05) is 17.7 Å². The van der Waals surface area contributed by atoms with Crippen LogP contribution in [0.25, 0.3) is 0 Å². The van der Waals surface area contributed by atoms with Crippen LogP contribution < -0.4 is 9.47 Å². The predicted molar refractivity (Wildman–Crippen MR) is 44.2 cm³/mol. The molecule has 1 aromatic carbocycles. The van der Waals surface area contributed by atoms with Gasteiger partial charge in [0.1, 0.15) is 13.2 Å². The van der Waals surface area contributed by atoms with Gasteiger partial charge in [0.25, 0.3) is 0 Å². The third kappa shape index (κ3) is 1.10. The molecular weight excluding hydrogens is 152 g/mol. The van der Waals surface area contributed by atoms with Gasteiger partial charge < -0.3 is 9.47 Å². The van der Waals surface area contributed by atoms with Gasteiger partial charge in [-0.25, -0.2) is 0 Å². The van der Waals surface area contributed by atoms with E-state index in [1.807, 2.05) is 0 Å². The Kier molecular flexibility index (Phi) is 1.64. The fraction of sp³-hybridized carbons (Fsp3) is 0.200. The Bertz CT molecular complexity index is 336. The number of hydrogen-bond donors (Lipinski definition) is 0. The Labute approximate surface area is 71.1 Å². The third-order valence-electron chi connectivity index (χ3n) is 1.63. The lowest BCUT2D eigenvalue weighted by atomic mass is 10.2. The van der Waals surface area contributed by atoms with Gasteiger partial charge in [0.15, 0.2) is 11.5 Å². The molecule has 0 aliphatic carbocycles. The van der Waals surface area contributed by atoms with Crippen molar-refractivity contribution in [2.45, 2.75) is 0 Å². The zero-order chi connectivity index (χ0) is 8.39. The van der Waals surface area contributed by atoms with Crippen LogP contribution in [-0.4, -0.2) is 13.2 Å². The van der Waals surface area contributed by atoms with E-state index in [4.69, 9.17) is 15.9 Å². The van der Waals surface area contributed by atoms with Crippen molar-refractivity contribution in [1.29, 1.82) is 0 Å². The van der Waals surface area contributed by atoms with Gasteiger partial charge in [0.2, 0.25) is 0 Å². The van der Waals surface area contributed by atoms with Gasteiger partial charge in [-0.1, -0.05) is 5.92 Å². The molecule has 0 N–H and O–H groups in total. The van der Waals surface area contributed by atoms with Gasteiger partial charge in [0.05, 0.1) is 0 Å². The summed E-state index contributed by atoms with van der Waals surface area (Å²) in [5.41, 5.74) is 0.694. The van der Waals surface area contributed by atoms with E-state index in [0.29, 0.717) is 24.5 Å². The van der Waals surface area contributed by atoms with Crippen LogP contribution in [0.3, 0.4) is 0 Å². The molecule has 1 radical (unpaired) electrons. The highest BCUT2D eigenvalue weighted by molar-refractivity contribution is 5.47. The van der Waals surface area contributed by atoms with E-state index in [0.717, 1.165) is 5.75 Å². The van der Waals surface area contributed by atoms with Crippen molar-refractivity contribution in [3.8, 4) is 23.8 Å².